The fraction of sp³-hybridized carbons (Fsp3) is 0.188. The van der Waals surface area contributed by atoms with E-state index in [-0.39, 0.29) is 12.4 Å². The summed E-state index contributed by atoms with van der Waals surface area (Å²) >= 11 is 0. The molecule has 0 radical (unpaired) electrons. The molecule has 104 valence electrons. The number of hydrogen-bond acceptors (Lipinski definition) is 3. The molecule has 0 spiro atoms. The van der Waals surface area contributed by atoms with Crippen molar-refractivity contribution in [2.24, 2.45) is 0 Å². The van der Waals surface area contributed by atoms with E-state index in [2.05, 4.69) is 0 Å². The van der Waals surface area contributed by atoms with E-state index in [0.29, 0.717) is 17.9 Å². The maximum Gasteiger partial charge on any atom is 0.338 e. The van der Waals surface area contributed by atoms with Gasteiger partial charge in [0.15, 0.2) is 0 Å². The molecule has 0 unspecified atom stereocenters. The number of ether oxygens (including phenoxy) is 2. The minimum Gasteiger partial charge on any atom is -0.494 e. The first-order chi connectivity index (χ1) is 9.69. The summed E-state index contributed by atoms with van der Waals surface area (Å²) in [6.07, 6.45) is 0. The largest absolute Gasteiger partial charge is 0.494 e. The van der Waals surface area contributed by atoms with Crippen LogP contribution in [0.15, 0.2) is 48.5 Å². The van der Waals surface area contributed by atoms with Crippen molar-refractivity contribution in [3.05, 3.63) is 65.5 Å². The van der Waals surface area contributed by atoms with E-state index < -0.39 is 5.97 Å². The van der Waals surface area contributed by atoms with Crippen LogP contribution in [0.3, 0.4) is 0 Å². The first-order valence-electron chi connectivity index (χ1n) is 6.33. The average Bonchev–Trinajstić information content (AvgIpc) is 2.47. The summed E-state index contributed by atoms with van der Waals surface area (Å²) in [5, 5.41) is 0. The van der Waals surface area contributed by atoms with Gasteiger partial charge in [-0.1, -0.05) is 12.1 Å². The van der Waals surface area contributed by atoms with Crippen LogP contribution in [-0.4, -0.2) is 12.6 Å². The summed E-state index contributed by atoms with van der Waals surface area (Å²) in [5.74, 6) is -0.0217. The second kappa shape index (κ2) is 6.70. The molecule has 0 heterocycles. The molecule has 0 amide bonds. The zero-order valence-corrected chi connectivity index (χ0v) is 11.1. The predicted molar refractivity (Wildman–Crippen MR) is 73.1 cm³/mol. The highest BCUT2D eigenvalue weighted by Gasteiger charge is 2.07. The average molecular weight is 274 g/mol. The number of hydrogen-bond donors (Lipinski definition) is 0. The van der Waals surface area contributed by atoms with Crippen molar-refractivity contribution < 1.29 is 18.7 Å². The Labute approximate surface area is 117 Å². The Kier molecular flexibility index (Phi) is 4.71. The monoisotopic (exact) mass is 274 g/mol. The third kappa shape index (κ3) is 3.82. The van der Waals surface area contributed by atoms with Gasteiger partial charge in [0.2, 0.25) is 0 Å². The standard InChI is InChI=1S/C16H15FO3/c1-2-19-15-9-5-13(6-10-15)16(18)20-11-12-3-7-14(17)8-4-12/h3-10H,2,11H2,1H3. The van der Waals surface area contributed by atoms with Crippen molar-refractivity contribution in [3.63, 3.8) is 0 Å². The van der Waals surface area contributed by atoms with E-state index in [1.807, 2.05) is 6.92 Å². The van der Waals surface area contributed by atoms with Gasteiger partial charge in [-0.2, -0.15) is 0 Å². The van der Waals surface area contributed by atoms with Crippen LogP contribution in [0.5, 0.6) is 5.75 Å². The minimum atomic E-state index is -0.419. The van der Waals surface area contributed by atoms with Crippen LogP contribution >= 0.6 is 0 Å². The third-order valence-electron chi connectivity index (χ3n) is 2.68. The van der Waals surface area contributed by atoms with Crippen LogP contribution in [-0.2, 0) is 11.3 Å². The Morgan fingerprint density at radius 1 is 1.05 bits per heavy atom. The molecule has 2 rings (SSSR count). The fourth-order valence-electron chi connectivity index (χ4n) is 1.67. The fourth-order valence-corrected chi connectivity index (χ4v) is 1.67. The second-order valence-electron chi connectivity index (χ2n) is 4.16. The molecular formula is C16H15FO3. The first kappa shape index (κ1) is 14.1. The van der Waals surface area contributed by atoms with Gasteiger partial charge in [0, 0.05) is 0 Å². The van der Waals surface area contributed by atoms with E-state index >= 15 is 0 Å². The normalized spacial score (nSPS) is 10.1. The molecule has 2 aromatic rings. The Morgan fingerprint density at radius 3 is 2.30 bits per heavy atom. The number of halogens is 1. The van der Waals surface area contributed by atoms with Gasteiger partial charge in [-0.3, -0.25) is 0 Å². The molecule has 0 aromatic heterocycles. The third-order valence-corrected chi connectivity index (χ3v) is 2.68. The molecule has 0 aliphatic carbocycles. The van der Waals surface area contributed by atoms with E-state index in [9.17, 15) is 9.18 Å². The number of benzene rings is 2. The van der Waals surface area contributed by atoms with Crippen LogP contribution < -0.4 is 4.74 Å². The van der Waals surface area contributed by atoms with Crippen molar-refractivity contribution in [2.45, 2.75) is 13.5 Å². The van der Waals surface area contributed by atoms with Gasteiger partial charge in [0.05, 0.1) is 12.2 Å². The number of esters is 1. The van der Waals surface area contributed by atoms with E-state index in [4.69, 9.17) is 9.47 Å². The minimum absolute atomic E-state index is 0.117. The lowest BCUT2D eigenvalue weighted by molar-refractivity contribution is 0.0472. The van der Waals surface area contributed by atoms with Crippen LogP contribution in [0, 0.1) is 5.82 Å². The highest BCUT2D eigenvalue weighted by molar-refractivity contribution is 5.89. The van der Waals surface area contributed by atoms with Gasteiger partial charge in [-0.05, 0) is 48.9 Å². The molecule has 2 aromatic carbocycles. The maximum atomic E-state index is 12.7. The maximum absolute atomic E-state index is 12.7. The summed E-state index contributed by atoms with van der Waals surface area (Å²) in [6, 6.07) is 12.6. The van der Waals surface area contributed by atoms with Gasteiger partial charge < -0.3 is 9.47 Å². The Hall–Kier alpha value is -2.36. The summed E-state index contributed by atoms with van der Waals surface area (Å²) in [6.45, 7) is 2.59. The lowest BCUT2D eigenvalue weighted by atomic mass is 10.2. The van der Waals surface area contributed by atoms with Crippen molar-refractivity contribution in [3.8, 4) is 5.75 Å². The zero-order chi connectivity index (χ0) is 14.4. The SMILES string of the molecule is CCOc1ccc(C(=O)OCc2ccc(F)cc2)cc1. The summed E-state index contributed by atoms with van der Waals surface area (Å²) < 4.78 is 23.2. The highest BCUT2D eigenvalue weighted by Crippen LogP contribution is 2.13. The van der Waals surface area contributed by atoms with Crippen LogP contribution in [0.2, 0.25) is 0 Å². The van der Waals surface area contributed by atoms with Crippen molar-refractivity contribution >= 4 is 5.97 Å². The number of carbonyl (C=O) groups excluding carboxylic acids is 1. The summed E-state index contributed by atoms with van der Waals surface area (Å²) in [7, 11) is 0. The molecule has 0 saturated carbocycles. The molecule has 0 N–H and O–H groups in total. The van der Waals surface area contributed by atoms with Gasteiger partial charge in [0.25, 0.3) is 0 Å². The molecule has 0 fully saturated rings. The molecule has 0 saturated heterocycles. The van der Waals surface area contributed by atoms with Crippen molar-refractivity contribution in [1.29, 1.82) is 0 Å². The molecule has 20 heavy (non-hydrogen) atoms. The molecule has 0 atom stereocenters. The molecule has 0 aliphatic rings. The predicted octanol–water partition coefficient (Wildman–Crippen LogP) is 3.58. The first-order valence-corrected chi connectivity index (χ1v) is 6.33. The van der Waals surface area contributed by atoms with Crippen LogP contribution in [0.1, 0.15) is 22.8 Å². The van der Waals surface area contributed by atoms with Gasteiger partial charge in [-0.25, -0.2) is 9.18 Å². The quantitative estimate of drug-likeness (QED) is 0.782. The lowest BCUT2D eigenvalue weighted by Gasteiger charge is -2.06. The zero-order valence-electron chi connectivity index (χ0n) is 11.1. The second-order valence-corrected chi connectivity index (χ2v) is 4.16. The molecular weight excluding hydrogens is 259 g/mol. The van der Waals surface area contributed by atoms with Crippen LogP contribution in [0.4, 0.5) is 4.39 Å². The highest BCUT2D eigenvalue weighted by atomic mass is 19.1. The van der Waals surface area contributed by atoms with Crippen molar-refractivity contribution in [2.75, 3.05) is 6.61 Å². The molecule has 0 bridgehead atoms. The van der Waals surface area contributed by atoms with Gasteiger partial charge >= 0.3 is 5.97 Å². The summed E-state index contributed by atoms with van der Waals surface area (Å²) in [4.78, 5) is 11.8. The lowest BCUT2D eigenvalue weighted by Crippen LogP contribution is -2.05. The van der Waals surface area contributed by atoms with E-state index in [1.54, 1.807) is 36.4 Å². The van der Waals surface area contributed by atoms with Gasteiger partial charge in [0.1, 0.15) is 18.2 Å². The number of carbonyl (C=O) groups is 1. The van der Waals surface area contributed by atoms with E-state index in [1.165, 1.54) is 12.1 Å². The van der Waals surface area contributed by atoms with Gasteiger partial charge in [-0.15, -0.1) is 0 Å². The van der Waals surface area contributed by atoms with Crippen molar-refractivity contribution in [1.82, 2.24) is 0 Å². The van der Waals surface area contributed by atoms with Crippen LogP contribution in [0.25, 0.3) is 0 Å². The molecule has 3 nitrogen and oxygen atoms in total. The summed E-state index contributed by atoms with van der Waals surface area (Å²) in [5.41, 5.74) is 1.20. The topological polar surface area (TPSA) is 35.5 Å². The van der Waals surface area contributed by atoms with E-state index in [0.717, 1.165) is 5.56 Å². The number of rotatable bonds is 5. The Balaban J connectivity index is 1.92. The molecule has 4 heteroatoms. The smallest absolute Gasteiger partial charge is 0.338 e. The Morgan fingerprint density at radius 2 is 1.70 bits per heavy atom. The Bertz CT molecular complexity index is 561. The molecule has 0 aliphatic heterocycles.